The molecule has 1 N–H and O–H groups in total. The predicted octanol–water partition coefficient (Wildman–Crippen LogP) is 0.728. The van der Waals surface area contributed by atoms with Crippen LogP contribution < -0.4 is 5.32 Å². The number of likely N-dealkylation sites (tertiary alicyclic amines) is 1. The van der Waals surface area contributed by atoms with Crippen molar-refractivity contribution in [3.05, 3.63) is 23.2 Å². The molecule has 6 nitrogen and oxygen atoms in total. The van der Waals surface area contributed by atoms with Crippen molar-refractivity contribution >= 4 is 23.4 Å². The molecule has 102 valence electrons. The van der Waals surface area contributed by atoms with Gasteiger partial charge < -0.3 is 10.2 Å². The maximum Gasteiger partial charge on any atom is 0.274 e. The Morgan fingerprint density at radius 3 is 2.74 bits per heavy atom. The normalized spacial score (nSPS) is 22.4. The van der Waals surface area contributed by atoms with Gasteiger partial charge in [0.05, 0.1) is 17.8 Å². The van der Waals surface area contributed by atoms with E-state index in [1.165, 1.54) is 12.4 Å². The van der Waals surface area contributed by atoms with Crippen molar-refractivity contribution in [3.8, 4) is 0 Å². The second-order valence-corrected chi connectivity index (χ2v) is 5.23. The number of carbonyl (C=O) groups excluding carboxylic acids is 2. The summed E-state index contributed by atoms with van der Waals surface area (Å²) in [6.45, 7) is 2.77. The fourth-order valence-corrected chi connectivity index (χ4v) is 2.30. The molecule has 0 aliphatic carbocycles. The van der Waals surface area contributed by atoms with Gasteiger partial charge in [0, 0.05) is 20.1 Å². The maximum atomic E-state index is 12.2. The van der Waals surface area contributed by atoms with Crippen LogP contribution in [-0.2, 0) is 4.79 Å². The first-order valence-electron chi connectivity index (χ1n) is 5.95. The highest BCUT2D eigenvalue weighted by Gasteiger charge is 2.41. The lowest BCUT2D eigenvalue weighted by molar-refractivity contribution is -0.128. The minimum Gasteiger partial charge on any atom is -0.359 e. The van der Waals surface area contributed by atoms with Gasteiger partial charge in [0.1, 0.15) is 10.8 Å². The third-order valence-corrected chi connectivity index (χ3v) is 3.57. The highest BCUT2D eigenvalue weighted by Crippen LogP contribution is 2.30. The minimum absolute atomic E-state index is 0.0509. The molecule has 1 aromatic heterocycles. The summed E-state index contributed by atoms with van der Waals surface area (Å²) < 4.78 is 0. The minimum atomic E-state index is -0.537. The Hall–Kier alpha value is -1.69. The van der Waals surface area contributed by atoms with Crippen LogP contribution in [0.5, 0.6) is 0 Å². The fraction of sp³-hybridized carbons (Fsp3) is 0.500. The molecule has 7 heteroatoms. The topological polar surface area (TPSA) is 75.2 Å². The molecule has 19 heavy (non-hydrogen) atoms. The van der Waals surface area contributed by atoms with Crippen LogP contribution in [0.4, 0.5) is 0 Å². The standard InChI is InChI=1S/C12H15ClN4O2/c1-12(11(19)14-2)3-4-17(7-12)10(18)8-5-16-9(13)6-15-8/h5-6H,3-4,7H2,1-2H3,(H,14,19). The summed E-state index contributed by atoms with van der Waals surface area (Å²) in [6, 6.07) is 0. The maximum absolute atomic E-state index is 12.2. The second-order valence-electron chi connectivity index (χ2n) is 4.84. The fourth-order valence-electron chi connectivity index (χ4n) is 2.21. The predicted molar refractivity (Wildman–Crippen MR) is 69.7 cm³/mol. The van der Waals surface area contributed by atoms with Crippen LogP contribution in [0.1, 0.15) is 23.8 Å². The zero-order chi connectivity index (χ0) is 14.0. The molecule has 0 spiro atoms. The van der Waals surface area contributed by atoms with Gasteiger partial charge in [-0.3, -0.25) is 9.59 Å². The molecular weight excluding hydrogens is 268 g/mol. The second kappa shape index (κ2) is 5.13. The van der Waals surface area contributed by atoms with Crippen LogP contribution in [0.3, 0.4) is 0 Å². The van der Waals surface area contributed by atoms with Crippen molar-refractivity contribution in [2.75, 3.05) is 20.1 Å². The summed E-state index contributed by atoms with van der Waals surface area (Å²) in [6.07, 6.45) is 3.32. The zero-order valence-corrected chi connectivity index (χ0v) is 11.6. The smallest absolute Gasteiger partial charge is 0.274 e. The number of hydrogen-bond acceptors (Lipinski definition) is 4. The van der Waals surface area contributed by atoms with E-state index in [2.05, 4.69) is 15.3 Å². The Kier molecular flexibility index (Phi) is 3.71. The summed E-state index contributed by atoms with van der Waals surface area (Å²) in [7, 11) is 1.60. The average Bonchev–Trinajstić information content (AvgIpc) is 2.82. The summed E-state index contributed by atoms with van der Waals surface area (Å²) in [4.78, 5) is 33.4. The molecule has 1 aliphatic rings. The van der Waals surface area contributed by atoms with Gasteiger partial charge in [0.2, 0.25) is 5.91 Å². The SMILES string of the molecule is CNC(=O)C1(C)CCN(C(=O)c2cnc(Cl)cn2)C1. The van der Waals surface area contributed by atoms with E-state index < -0.39 is 5.41 Å². The molecule has 1 atom stereocenters. The number of rotatable bonds is 2. The molecule has 1 saturated heterocycles. The molecule has 1 fully saturated rings. The number of aromatic nitrogens is 2. The highest BCUT2D eigenvalue weighted by atomic mass is 35.5. The Morgan fingerprint density at radius 2 is 2.16 bits per heavy atom. The van der Waals surface area contributed by atoms with Crippen LogP contribution in [0.15, 0.2) is 12.4 Å². The molecule has 1 unspecified atom stereocenters. The Balaban J connectivity index is 2.11. The molecule has 2 amide bonds. The largest absolute Gasteiger partial charge is 0.359 e. The van der Waals surface area contributed by atoms with Crippen LogP contribution in [0.25, 0.3) is 0 Å². The first-order valence-corrected chi connectivity index (χ1v) is 6.33. The van der Waals surface area contributed by atoms with Crippen molar-refractivity contribution in [1.29, 1.82) is 0 Å². The van der Waals surface area contributed by atoms with Gasteiger partial charge in [-0.2, -0.15) is 0 Å². The molecule has 2 rings (SSSR count). The molecule has 1 aliphatic heterocycles. The van der Waals surface area contributed by atoms with Gasteiger partial charge >= 0.3 is 0 Å². The summed E-state index contributed by atoms with van der Waals surface area (Å²) in [5, 5.41) is 2.88. The zero-order valence-electron chi connectivity index (χ0n) is 10.8. The van der Waals surface area contributed by atoms with E-state index in [1.807, 2.05) is 6.92 Å². The molecule has 1 aromatic rings. The monoisotopic (exact) mass is 282 g/mol. The first kappa shape index (κ1) is 13.7. The third kappa shape index (κ3) is 2.68. The number of amides is 2. The van der Waals surface area contributed by atoms with Crippen LogP contribution in [0.2, 0.25) is 5.15 Å². The van der Waals surface area contributed by atoms with E-state index in [4.69, 9.17) is 11.6 Å². The number of nitrogens with one attached hydrogen (secondary N) is 1. The lowest BCUT2D eigenvalue weighted by Gasteiger charge is -2.22. The molecular formula is C12H15ClN4O2. The van der Waals surface area contributed by atoms with Gasteiger partial charge in [-0.25, -0.2) is 9.97 Å². The summed E-state index contributed by atoms with van der Waals surface area (Å²) >= 11 is 5.63. The van der Waals surface area contributed by atoms with Crippen molar-refractivity contribution in [2.24, 2.45) is 5.41 Å². The van der Waals surface area contributed by atoms with Crippen molar-refractivity contribution in [2.45, 2.75) is 13.3 Å². The summed E-state index contributed by atoms with van der Waals surface area (Å²) in [5.74, 6) is -0.276. The van der Waals surface area contributed by atoms with E-state index in [1.54, 1.807) is 11.9 Å². The van der Waals surface area contributed by atoms with E-state index in [0.717, 1.165) is 0 Å². The summed E-state index contributed by atoms with van der Waals surface area (Å²) in [5.41, 5.74) is -0.296. The molecule has 0 aromatic carbocycles. The van der Waals surface area contributed by atoms with Gasteiger partial charge in [-0.1, -0.05) is 11.6 Å². The van der Waals surface area contributed by atoms with Crippen molar-refractivity contribution < 1.29 is 9.59 Å². The Morgan fingerprint density at radius 1 is 1.42 bits per heavy atom. The lowest BCUT2D eigenvalue weighted by Crippen LogP contribution is -2.40. The van der Waals surface area contributed by atoms with Crippen LogP contribution >= 0.6 is 11.6 Å². The van der Waals surface area contributed by atoms with E-state index >= 15 is 0 Å². The molecule has 2 heterocycles. The number of carbonyl (C=O) groups is 2. The van der Waals surface area contributed by atoms with Crippen molar-refractivity contribution in [3.63, 3.8) is 0 Å². The number of halogens is 1. The highest BCUT2D eigenvalue weighted by molar-refractivity contribution is 6.29. The third-order valence-electron chi connectivity index (χ3n) is 3.38. The van der Waals surface area contributed by atoms with Gasteiger partial charge in [-0.05, 0) is 13.3 Å². The lowest BCUT2D eigenvalue weighted by atomic mass is 9.89. The Labute approximate surface area is 116 Å². The average molecular weight is 283 g/mol. The van der Waals surface area contributed by atoms with E-state index in [-0.39, 0.29) is 22.7 Å². The van der Waals surface area contributed by atoms with E-state index in [0.29, 0.717) is 19.5 Å². The van der Waals surface area contributed by atoms with Crippen LogP contribution in [-0.4, -0.2) is 46.8 Å². The van der Waals surface area contributed by atoms with Gasteiger partial charge in [0.15, 0.2) is 0 Å². The number of nitrogens with zero attached hydrogens (tertiary/aromatic N) is 3. The quantitative estimate of drug-likeness (QED) is 0.868. The molecule has 0 bridgehead atoms. The van der Waals surface area contributed by atoms with Gasteiger partial charge in [0.25, 0.3) is 5.91 Å². The molecule has 0 radical (unpaired) electrons. The first-order chi connectivity index (χ1) is 8.96. The van der Waals surface area contributed by atoms with E-state index in [9.17, 15) is 9.59 Å². The van der Waals surface area contributed by atoms with Crippen LogP contribution in [0, 0.1) is 5.41 Å². The van der Waals surface area contributed by atoms with Crippen molar-refractivity contribution in [1.82, 2.24) is 20.2 Å². The number of hydrogen-bond donors (Lipinski definition) is 1. The Bertz CT molecular complexity index is 505. The molecule has 0 saturated carbocycles. The van der Waals surface area contributed by atoms with Gasteiger partial charge in [-0.15, -0.1) is 0 Å².